The average molecular weight is 497 g/mol. The zero-order chi connectivity index (χ0) is 23.5. The summed E-state index contributed by atoms with van der Waals surface area (Å²) in [6.07, 6.45) is 3.72. The second-order valence-corrected chi connectivity index (χ2v) is 9.84. The third-order valence-electron chi connectivity index (χ3n) is 6.05. The van der Waals surface area contributed by atoms with Crippen molar-refractivity contribution in [3.63, 3.8) is 0 Å². The third-order valence-corrected chi connectivity index (χ3v) is 7.36. The summed E-state index contributed by atoms with van der Waals surface area (Å²) < 4.78 is 7.43. The molecule has 0 radical (unpaired) electrons. The normalized spacial score (nSPS) is 14.6. The lowest BCUT2D eigenvalue weighted by Gasteiger charge is -2.26. The van der Waals surface area contributed by atoms with E-state index in [1.807, 2.05) is 18.2 Å². The maximum atomic E-state index is 12.1. The Hall–Kier alpha value is -2.81. The van der Waals surface area contributed by atoms with Crippen LogP contribution in [0.2, 0.25) is 5.02 Å². The summed E-state index contributed by atoms with van der Waals surface area (Å²) >= 11 is 7.64. The number of phenols is 1. The van der Waals surface area contributed by atoms with Crippen LogP contribution in [-0.4, -0.2) is 37.9 Å². The minimum Gasteiger partial charge on any atom is -0.506 e. The first-order chi connectivity index (χ1) is 16.6. The number of likely N-dealkylation sites (tertiary alicyclic amines) is 1. The van der Waals surface area contributed by atoms with Gasteiger partial charge in [-0.05, 0) is 43.1 Å². The Labute approximate surface area is 206 Å². The number of phenolic OH excluding ortho intramolecular Hbond substituents is 1. The second kappa shape index (κ2) is 10.2. The predicted octanol–water partition coefficient (Wildman–Crippen LogP) is 5.07. The Morgan fingerprint density at radius 3 is 2.62 bits per heavy atom. The molecule has 5 rings (SSSR count). The molecule has 4 aromatic rings. The van der Waals surface area contributed by atoms with Gasteiger partial charge in [-0.1, -0.05) is 60.1 Å². The van der Waals surface area contributed by atoms with Gasteiger partial charge < -0.3 is 14.1 Å². The van der Waals surface area contributed by atoms with Crippen molar-refractivity contribution in [1.29, 1.82) is 0 Å². The quantitative estimate of drug-likeness (QED) is 0.282. The monoisotopic (exact) mass is 496 g/mol. The molecule has 7 nitrogen and oxygen atoms in total. The second-order valence-electron chi connectivity index (χ2n) is 8.49. The molecule has 0 atom stereocenters. The van der Waals surface area contributed by atoms with Gasteiger partial charge in [0.1, 0.15) is 17.2 Å². The van der Waals surface area contributed by atoms with Crippen molar-refractivity contribution in [3.05, 3.63) is 80.9 Å². The van der Waals surface area contributed by atoms with Gasteiger partial charge in [0.25, 0.3) is 0 Å². The molecule has 1 saturated heterocycles. The number of fused-ring (bicyclic) bond motifs is 1. The van der Waals surface area contributed by atoms with Crippen molar-refractivity contribution >= 4 is 34.3 Å². The lowest BCUT2D eigenvalue weighted by Crippen LogP contribution is -2.30. The average Bonchev–Trinajstić information content (AvgIpc) is 3.21. The molecule has 1 aliphatic rings. The van der Waals surface area contributed by atoms with Gasteiger partial charge in [0.2, 0.25) is 0 Å². The molecule has 0 bridgehead atoms. The van der Waals surface area contributed by atoms with Crippen LogP contribution >= 0.6 is 23.4 Å². The smallest absolute Gasteiger partial charge is 0.336 e. The van der Waals surface area contributed by atoms with E-state index in [9.17, 15) is 9.90 Å². The van der Waals surface area contributed by atoms with Gasteiger partial charge in [-0.2, -0.15) is 0 Å². The van der Waals surface area contributed by atoms with E-state index >= 15 is 0 Å². The highest BCUT2D eigenvalue weighted by Crippen LogP contribution is 2.32. The van der Waals surface area contributed by atoms with Gasteiger partial charge in [-0.25, -0.2) is 4.79 Å². The van der Waals surface area contributed by atoms with Gasteiger partial charge in [0.05, 0.1) is 18.1 Å². The van der Waals surface area contributed by atoms with E-state index in [1.165, 1.54) is 48.7 Å². The zero-order valence-corrected chi connectivity index (χ0v) is 20.2. The topological polar surface area (TPSA) is 84.4 Å². The maximum absolute atomic E-state index is 12.1. The molecule has 2 aromatic carbocycles. The van der Waals surface area contributed by atoms with Crippen molar-refractivity contribution in [3.8, 4) is 5.75 Å². The van der Waals surface area contributed by atoms with Crippen molar-refractivity contribution in [2.24, 2.45) is 0 Å². The highest BCUT2D eigenvalue weighted by Gasteiger charge is 2.19. The Kier molecular flexibility index (Phi) is 6.89. The fourth-order valence-electron chi connectivity index (χ4n) is 4.28. The highest BCUT2D eigenvalue weighted by molar-refractivity contribution is 7.98. The third kappa shape index (κ3) is 5.14. The molecule has 1 N–H and O–H groups in total. The van der Waals surface area contributed by atoms with Crippen LogP contribution in [-0.2, 0) is 18.8 Å². The van der Waals surface area contributed by atoms with E-state index in [4.69, 9.17) is 16.0 Å². The van der Waals surface area contributed by atoms with Crippen LogP contribution in [0.15, 0.2) is 62.9 Å². The molecule has 0 aliphatic carbocycles. The van der Waals surface area contributed by atoms with E-state index in [1.54, 1.807) is 6.07 Å². The largest absolute Gasteiger partial charge is 0.506 e. The predicted molar refractivity (Wildman–Crippen MR) is 133 cm³/mol. The molecule has 0 spiro atoms. The number of thioether (sulfide) groups is 1. The van der Waals surface area contributed by atoms with Gasteiger partial charge in [-0.15, -0.1) is 10.2 Å². The summed E-state index contributed by atoms with van der Waals surface area (Å²) in [4.78, 5) is 14.6. The lowest BCUT2D eigenvalue weighted by atomic mass is 10.1. The van der Waals surface area contributed by atoms with E-state index in [0.717, 1.165) is 36.2 Å². The Bertz CT molecular complexity index is 1350. The lowest BCUT2D eigenvalue weighted by molar-refractivity contribution is 0.213. The Morgan fingerprint density at radius 1 is 1.03 bits per heavy atom. The SMILES string of the molecule is O=c1cc(CSc2nnc(CN3CCCCC3)n2Cc2ccccc2)c2cc(Cl)c(O)cc2o1. The number of nitrogens with zero attached hydrogens (tertiary/aromatic N) is 4. The Morgan fingerprint density at radius 2 is 1.82 bits per heavy atom. The molecule has 0 saturated carbocycles. The van der Waals surface area contributed by atoms with Crippen LogP contribution in [0.4, 0.5) is 0 Å². The molecule has 2 aromatic heterocycles. The molecule has 1 fully saturated rings. The molecule has 0 unspecified atom stereocenters. The summed E-state index contributed by atoms with van der Waals surface area (Å²) in [5.74, 6) is 1.31. The van der Waals surface area contributed by atoms with Crippen molar-refractivity contribution < 1.29 is 9.52 Å². The number of benzene rings is 2. The van der Waals surface area contributed by atoms with Crippen LogP contribution in [0.5, 0.6) is 5.75 Å². The fourth-order valence-corrected chi connectivity index (χ4v) is 5.39. The minimum absolute atomic E-state index is 0.118. The molecule has 176 valence electrons. The van der Waals surface area contributed by atoms with Crippen molar-refractivity contribution in [2.75, 3.05) is 13.1 Å². The minimum atomic E-state index is -0.471. The molecule has 34 heavy (non-hydrogen) atoms. The van der Waals surface area contributed by atoms with Crippen molar-refractivity contribution in [1.82, 2.24) is 19.7 Å². The molecular formula is C25H25ClN4O3S. The van der Waals surface area contributed by atoms with Crippen molar-refractivity contribution in [2.45, 2.75) is 43.3 Å². The summed E-state index contributed by atoms with van der Waals surface area (Å²) in [5, 5.41) is 20.6. The summed E-state index contributed by atoms with van der Waals surface area (Å²) in [7, 11) is 0. The van der Waals surface area contributed by atoms with Gasteiger partial charge in [-0.3, -0.25) is 4.90 Å². The van der Waals surface area contributed by atoms with Gasteiger partial charge >= 0.3 is 5.63 Å². The number of aromatic hydroxyl groups is 1. The summed E-state index contributed by atoms with van der Waals surface area (Å²) in [5.41, 5.74) is 1.78. The van der Waals surface area contributed by atoms with Crippen LogP contribution in [0.25, 0.3) is 11.0 Å². The zero-order valence-electron chi connectivity index (χ0n) is 18.6. The van der Waals surface area contributed by atoms with Gasteiger partial charge in [0, 0.05) is 23.3 Å². The first-order valence-electron chi connectivity index (χ1n) is 11.3. The first kappa shape index (κ1) is 23.0. The maximum Gasteiger partial charge on any atom is 0.336 e. The summed E-state index contributed by atoms with van der Waals surface area (Å²) in [6, 6.07) is 14.7. The number of aromatic nitrogens is 3. The van der Waals surface area contributed by atoms with Crippen LogP contribution < -0.4 is 5.63 Å². The van der Waals surface area contributed by atoms with E-state index in [0.29, 0.717) is 23.3 Å². The molecule has 0 amide bonds. The fraction of sp³-hybridized carbons (Fsp3) is 0.320. The molecule has 9 heteroatoms. The number of hydrogen-bond acceptors (Lipinski definition) is 7. The number of piperidine rings is 1. The van der Waals surface area contributed by atoms with E-state index in [2.05, 4.69) is 31.8 Å². The van der Waals surface area contributed by atoms with E-state index in [-0.39, 0.29) is 10.8 Å². The van der Waals surface area contributed by atoms with Crippen LogP contribution in [0.3, 0.4) is 0 Å². The standard InChI is InChI=1S/C25H25ClN4O3S/c26-20-12-19-18(11-24(32)33-22(19)13-21(20)31)16-34-25-28-27-23(15-29-9-5-2-6-10-29)30(25)14-17-7-3-1-4-8-17/h1,3-4,7-8,11-13,31H,2,5-6,9-10,14-16H2. The first-order valence-corrected chi connectivity index (χ1v) is 12.7. The van der Waals surface area contributed by atoms with Gasteiger partial charge in [0.15, 0.2) is 5.16 Å². The molecule has 3 heterocycles. The number of hydrogen-bond donors (Lipinski definition) is 1. The molecule has 1 aliphatic heterocycles. The number of rotatable bonds is 7. The Balaban J connectivity index is 1.44. The summed E-state index contributed by atoms with van der Waals surface area (Å²) in [6.45, 7) is 3.62. The highest BCUT2D eigenvalue weighted by atomic mass is 35.5. The number of halogens is 1. The van der Waals surface area contributed by atoms with E-state index < -0.39 is 5.63 Å². The van der Waals surface area contributed by atoms with Crippen LogP contribution in [0.1, 0.15) is 36.2 Å². The molecular weight excluding hydrogens is 472 g/mol. The van der Waals surface area contributed by atoms with Crippen LogP contribution in [0, 0.1) is 0 Å².